The average Bonchev–Trinajstić information content (AvgIpc) is 2.83. The Hall–Kier alpha value is -3.86. The highest BCUT2D eigenvalue weighted by Crippen LogP contribution is 2.29. The first-order valence-electron chi connectivity index (χ1n) is 10.00. The van der Waals surface area contributed by atoms with Gasteiger partial charge in [0.05, 0.1) is 11.1 Å². The first-order chi connectivity index (χ1) is 15.4. The molecule has 1 aliphatic heterocycles. The van der Waals surface area contributed by atoms with Crippen molar-refractivity contribution >= 4 is 11.7 Å². The van der Waals surface area contributed by atoms with Crippen LogP contribution in [0.2, 0.25) is 0 Å². The molecule has 0 unspecified atom stereocenters. The summed E-state index contributed by atoms with van der Waals surface area (Å²) in [4.78, 5) is 24.5. The van der Waals surface area contributed by atoms with E-state index in [4.69, 9.17) is 0 Å². The molecule has 5 nitrogen and oxygen atoms in total. The summed E-state index contributed by atoms with van der Waals surface area (Å²) in [6.07, 6.45) is -0.452. The van der Waals surface area contributed by atoms with E-state index in [1.54, 1.807) is 17.2 Å². The first-order valence-corrected chi connectivity index (χ1v) is 10.00. The third-order valence-corrected chi connectivity index (χ3v) is 5.08. The molecule has 4 rings (SSSR count). The summed E-state index contributed by atoms with van der Waals surface area (Å²) in [6.45, 7) is 1.82. The van der Waals surface area contributed by atoms with Gasteiger partial charge in [-0.05, 0) is 30.3 Å². The molecule has 3 heterocycles. The minimum Gasteiger partial charge on any atom is -0.353 e. The van der Waals surface area contributed by atoms with E-state index in [0.717, 1.165) is 17.8 Å². The SMILES string of the molecule is O=C(c1cncc(C#Cc2ccccc2)c1)N1CCN(c2ccc(C(F)(F)F)cn2)CC1. The Bertz CT molecular complexity index is 1140. The van der Waals surface area contributed by atoms with Crippen LogP contribution in [-0.4, -0.2) is 47.0 Å². The Kier molecular flexibility index (Phi) is 6.08. The van der Waals surface area contributed by atoms with Crippen LogP contribution in [0.25, 0.3) is 0 Å². The average molecular weight is 436 g/mol. The van der Waals surface area contributed by atoms with E-state index in [9.17, 15) is 18.0 Å². The molecule has 1 amide bonds. The molecule has 2 aromatic heterocycles. The van der Waals surface area contributed by atoms with Gasteiger partial charge < -0.3 is 9.80 Å². The van der Waals surface area contributed by atoms with E-state index in [-0.39, 0.29) is 5.91 Å². The van der Waals surface area contributed by atoms with Gasteiger partial charge in [-0.2, -0.15) is 13.2 Å². The van der Waals surface area contributed by atoms with E-state index < -0.39 is 11.7 Å². The molecular formula is C24H19F3N4O. The second kappa shape index (κ2) is 9.10. The highest BCUT2D eigenvalue weighted by molar-refractivity contribution is 5.94. The van der Waals surface area contributed by atoms with E-state index in [2.05, 4.69) is 21.8 Å². The van der Waals surface area contributed by atoms with Gasteiger partial charge in [0.1, 0.15) is 5.82 Å². The molecule has 1 saturated heterocycles. The number of rotatable bonds is 2. The van der Waals surface area contributed by atoms with Crippen LogP contribution >= 0.6 is 0 Å². The number of hydrogen-bond acceptors (Lipinski definition) is 4. The van der Waals surface area contributed by atoms with Crippen molar-refractivity contribution in [3.63, 3.8) is 0 Å². The highest BCUT2D eigenvalue weighted by Gasteiger charge is 2.31. The minimum absolute atomic E-state index is 0.152. The zero-order chi connectivity index (χ0) is 22.6. The van der Waals surface area contributed by atoms with Crippen molar-refractivity contribution in [1.29, 1.82) is 0 Å². The molecule has 0 N–H and O–H groups in total. The normalized spacial score (nSPS) is 14.0. The lowest BCUT2D eigenvalue weighted by atomic mass is 10.1. The highest BCUT2D eigenvalue weighted by atomic mass is 19.4. The monoisotopic (exact) mass is 436 g/mol. The van der Waals surface area contributed by atoms with E-state index >= 15 is 0 Å². The lowest BCUT2D eigenvalue weighted by Gasteiger charge is -2.35. The molecule has 8 heteroatoms. The number of amides is 1. The quantitative estimate of drug-likeness (QED) is 0.573. The number of benzene rings is 1. The minimum atomic E-state index is -4.41. The lowest BCUT2D eigenvalue weighted by Crippen LogP contribution is -2.49. The Morgan fingerprint density at radius 2 is 1.59 bits per heavy atom. The lowest BCUT2D eigenvalue weighted by molar-refractivity contribution is -0.137. The predicted octanol–water partition coefficient (Wildman–Crippen LogP) is 3.86. The Balaban J connectivity index is 1.39. The van der Waals surface area contributed by atoms with Crippen molar-refractivity contribution in [3.8, 4) is 11.8 Å². The second-order valence-electron chi connectivity index (χ2n) is 7.26. The van der Waals surface area contributed by atoms with E-state index in [1.807, 2.05) is 35.2 Å². The number of carbonyl (C=O) groups excluding carboxylic acids is 1. The molecule has 0 bridgehead atoms. The van der Waals surface area contributed by atoms with Gasteiger partial charge in [-0.15, -0.1) is 0 Å². The summed E-state index contributed by atoms with van der Waals surface area (Å²) in [5.74, 6) is 6.38. The summed E-state index contributed by atoms with van der Waals surface area (Å²) in [7, 11) is 0. The van der Waals surface area contributed by atoms with Crippen LogP contribution in [0, 0.1) is 11.8 Å². The number of aromatic nitrogens is 2. The molecule has 32 heavy (non-hydrogen) atoms. The number of halogens is 3. The van der Waals surface area contributed by atoms with Gasteiger partial charge in [-0.1, -0.05) is 30.0 Å². The summed E-state index contributed by atoms with van der Waals surface area (Å²) in [5, 5.41) is 0. The summed E-state index contributed by atoms with van der Waals surface area (Å²) in [6, 6.07) is 13.6. The molecule has 0 spiro atoms. The topological polar surface area (TPSA) is 49.3 Å². The zero-order valence-electron chi connectivity index (χ0n) is 17.0. The Morgan fingerprint density at radius 1 is 0.875 bits per heavy atom. The molecule has 1 aromatic carbocycles. The number of carbonyl (C=O) groups is 1. The summed E-state index contributed by atoms with van der Waals surface area (Å²) < 4.78 is 38.1. The van der Waals surface area contributed by atoms with Crippen LogP contribution in [0.4, 0.5) is 19.0 Å². The molecule has 1 aliphatic rings. The first kappa shape index (κ1) is 21.4. The third-order valence-electron chi connectivity index (χ3n) is 5.08. The van der Waals surface area contributed by atoms with Gasteiger partial charge in [0.2, 0.25) is 0 Å². The van der Waals surface area contributed by atoms with Crippen LogP contribution in [0.5, 0.6) is 0 Å². The number of alkyl halides is 3. The molecule has 0 radical (unpaired) electrons. The van der Waals surface area contributed by atoms with Crippen molar-refractivity contribution in [2.24, 2.45) is 0 Å². The van der Waals surface area contributed by atoms with Gasteiger partial charge in [-0.3, -0.25) is 9.78 Å². The van der Waals surface area contributed by atoms with Crippen molar-refractivity contribution in [3.05, 3.63) is 89.4 Å². The summed E-state index contributed by atoms with van der Waals surface area (Å²) >= 11 is 0. The maximum absolute atomic E-state index is 12.9. The smallest absolute Gasteiger partial charge is 0.353 e. The van der Waals surface area contributed by atoms with E-state index in [1.165, 1.54) is 12.3 Å². The fraction of sp³-hybridized carbons (Fsp3) is 0.208. The number of pyridine rings is 2. The maximum Gasteiger partial charge on any atom is 0.417 e. The van der Waals surface area contributed by atoms with Gasteiger partial charge >= 0.3 is 6.18 Å². The largest absolute Gasteiger partial charge is 0.417 e. The van der Waals surface area contributed by atoms with Crippen LogP contribution < -0.4 is 4.90 Å². The number of hydrogen-bond donors (Lipinski definition) is 0. The third kappa shape index (κ3) is 5.06. The van der Waals surface area contributed by atoms with Gasteiger partial charge in [0.25, 0.3) is 5.91 Å². The Labute approximate surface area is 183 Å². The fourth-order valence-electron chi connectivity index (χ4n) is 3.35. The second-order valence-corrected chi connectivity index (χ2v) is 7.26. The van der Waals surface area contributed by atoms with Crippen molar-refractivity contribution < 1.29 is 18.0 Å². The number of piperazine rings is 1. The molecule has 0 aliphatic carbocycles. The zero-order valence-corrected chi connectivity index (χ0v) is 17.0. The molecule has 0 atom stereocenters. The van der Waals surface area contributed by atoms with Crippen molar-refractivity contribution in [2.45, 2.75) is 6.18 Å². The van der Waals surface area contributed by atoms with Gasteiger partial charge in [0.15, 0.2) is 0 Å². The van der Waals surface area contributed by atoms with Crippen molar-refractivity contribution in [1.82, 2.24) is 14.9 Å². The van der Waals surface area contributed by atoms with Crippen LogP contribution in [-0.2, 0) is 6.18 Å². The molecule has 162 valence electrons. The molecule has 3 aromatic rings. The molecule has 0 saturated carbocycles. The number of nitrogens with zero attached hydrogens (tertiary/aromatic N) is 4. The van der Waals surface area contributed by atoms with Gasteiger partial charge in [0, 0.05) is 55.9 Å². The van der Waals surface area contributed by atoms with Gasteiger partial charge in [-0.25, -0.2) is 4.98 Å². The van der Waals surface area contributed by atoms with Crippen LogP contribution in [0.1, 0.15) is 27.0 Å². The number of anilines is 1. The standard InChI is InChI=1S/C24H19F3N4O/c25-24(26,27)21-8-9-22(29-17-21)30-10-12-31(13-11-30)23(32)20-14-19(15-28-16-20)7-6-18-4-2-1-3-5-18/h1-5,8-9,14-17H,10-13H2. The molecular weight excluding hydrogens is 417 g/mol. The van der Waals surface area contributed by atoms with Crippen molar-refractivity contribution in [2.75, 3.05) is 31.1 Å². The van der Waals surface area contributed by atoms with Crippen LogP contribution in [0.15, 0.2) is 67.1 Å². The van der Waals surface area contributed by atoms with Crippen LogP contribution in [0.3, 0.4) is 0 Å². The summed E-state index contributed by atoms with van der Waals surface area (Å²) in [5.41, 5.74) is 1.19. The predicted molar refractivity (Wildman–Crippen MR) is 114 cm³/mol. The molecule has 1 fully saturated rings. The maximum atomic E-state index is 12.9. The fourth-order valence-corrected chi connectivity index (χ4v) is 3.35. The Morgan fingerprint density at radius 3 is 2.25 bits per heavy atom. The van der Waals surface area contributed by atoms with E-state index in [0.29, 0.717) is 43.1 Å².